The molecule has 0 aromatic carbocycles. The maximum Gasteiger partial charge on any atom is 0.252 e. The number of carbonyl (C=O) groups excluding carboxylic acids is 1. The monoisotopic (exact) mass is 223 g/mol. The van der Waals surface area contributed by atoms with Crippen molar-refractivity contribution < 1.29 is 9.90 Å². The van der Waals surface area contributed by atoms with Crippen molar-refractivity contribution in [3.8, 4) is 0 Å². The molecule has 0 fully saturated rings. The van der Waals surface area contributed by atoms with Crippen LogP contribution in [0, 0.1) is 0 Å². The van der Waals surface area contributed by atoms with Gasteiger partial charge < -0.3 is 15.7 Å². The minimum absolute atomic E-state index is 0.372. The van der Waals surface area contributed by atoms with Crippen LogP contribution in [0.3, 0.4) is 0 Å². The number of carbonyl (C=O) groups is 1. The van der Waals surface area contributed by atoms with Gasteiger partial charge in [0.2, 0.25) is 0 Å². The summed E-state index contributed by atoms with van der Waals surface area (Å²) in [6.45, 7) is 2.34. The minimum atomic E-state index is -0.494. The Labute approximate surface area is 94.9 Å². The van der Waals surface area contributed by atoms with E-state index in [1.165, 1.54) is 0 Å². The lowest BCUT2D eigenvalue weighted by atomic mass is 10.2. The van der Waals surface area contributed by atoms with Gasteiger partial charge in [-0.15, -0.1) is 0 Å². The third kappa shape index (κ3) is 3.20. The molecule has 16 heavy (non-hydrogen) atoms. The molecule has 0 spiro atoms. The zero-order chi connectivity index (χ0) is 12.1. The summed E-state index contributed by atoms with van der Waals surface area (Å²) in [6.07, 6.45) is 1.86. The van der Waals surface area contributed by atoms with Gasteiger partial charge in [0, 0.05) is 19.8 Å². The van der Waals surface area contributed by atoms with Gasteiger partial charge in [0.05, 0.1) is 11.7 Å². The average molecular weight is 223 g/mol. The molecule has 88 valence electrons. The lowest BCUT2D eigenvalue weighted by molar-refractivity contribution is 0.100. The van der Waals surface area contributed by atoms with Gasteiger partial charge in [-0.05, 0) is 25.5 Å². The summed E-state index contributed by atoms with van der Waals surface area (Å²) < 4.78 is 0. The number of anilines is 1. The summed E-state index contributed by atoms with van der Waals surface area (Å²) in [4.78, 5) is 17.1. The first-order chi connectivity index (χ1) is 7.52. The molecule has 5 heteroatoms. The topological polar surface area (TPSA) is 79.4 Å². The number of nitrogens with zero attached hydrogens (tertiary/aromatic N) is 2. The van der Waals surface area contributed by atoms with E-state index >= 15 is 0 Å². The van der Waals surface area contributed by atoms with Crippen molar-refractivity contribution in [3.05, 3.63) is 23.9 Å². The van der Waals surface area contributed by atoms with Crippen LogP contribution < -0.4 is 10.6 Å². The molecule has 1 rings (SSSR count). The summed E-state index contributed by atoms with van der Waals surface area (Å²) in [5.74, 6) is 0.0580. The number of hydrogen-bond acceptors (Lipinski definition) is 4. The first kappa shape index (κ1) is 12.4. The normalized spacial score (nSPS) is 12.2. The highest BCUT2D eigenvalue weighted by atomic mass is 16.3. The summed E-state index contributed by atoms with van der Waals surface area (Å²) in [7, 11) is 1.82. The van der Waals surface area contributed by atoms with Crippen LogP contribution in [-0.2, 0) is 0 Å². The Balaban J connectivity index is 2.82. The second-order valence-electron chi connectivity index (χ2n) is 3.80. The quantitative estimate of drug-likeness (QED) is 0.756. The van der Waals surface area contributed by atoms with Gasteiger partial charge in [-0.25, -0.2) is 4.98 Å². The van der Waals surface area contributed by atoms with Gasteiger partial charge in [0.1, 0.15) is 5.82 Å². The number of aliphatic hydroxyl groups is 1. The van der Waals surface area contributed by atoms with E-state index in [0.29, 0.717) is 24.3 Å². The maximum atomic E-state index is 11.2. The largest absolute Gasteiger partial charge is 0.393 e. The van der Waals surface area contributed by atoms with Crippen molar-refractivity contribution in [1.82, 2.24) is 4.98 Å². The van der Waals surface area contributed by atoms with Crippen molar-refractivity contribution >= 4 is 11.7 Å². The van der Waals surface area contributed by atoms with Gasteiger partial charge in [0.25, 0.3) is 5.91 Å². The molecular weight excluding hydrogens is 206 g/mol. The number of nitrogens with two attached hydrogens (primary N) is 1. The molecule has 1 atom stereocenters. The summed E-state index contributed by atoms with van der Waals surface area (Å²) in [6, 6.07) is 3.32. The lowest BCUT2D eigenvalue weighted by Crippen LogP contribution is -2.26. The van der Waals surface area contributed by atoms with Gasteiger partial charge in [0.15, 0.2) is 0 Å². The molecule has 0 aliphatic carbocycles. The molecule has 0 radical (unpaired) electrons. The highest BCUT2D eigenvalue weighted by Crippen LogP contribution is 2.15. The van der Waals surface area contributed by atoms with Gasteiger partial charge in [-0.3, -0.25) is 4.79 Å². The van der Waals surface area contributed by atoms with Gasteiger partial charge in [-0.2, -0.15) is 0 Å². The average Bonchev–Trinajstić information content (AvgIpc) is 2.25. The van der Waals surface area contributed by atoms with Gasteiger partial charge in [-0.1, -0.05) is 0 Å². The van der Waals surface area contributed by atoms with E-state index in [9.17, 15) is 9.90 Å². The Bertz CT molecular complexity index is 366. The fraction of sp³-hybridized carbons (Fsp3) is 0.455. The first-order valence-electron chi connectivity index (χ1n) is 5.16. The number of rotatable bonds is 5. The van der Waals surface area contributed by atoms with Crippen molar-refractivity contribution in [2.45, 2.75) is 19.4 Å². The van der Waals surface area contributed by atoms with E-state index in [1.54, 1.807) is 25.3 Å². The number of aliphatic hydroxyl groups excluding tert-OH is 1. The maximum absolute atomic E-state index is 11.2. The summed E-state index contributed by atoms with van der Waals surface area (Å²) >= 11 is 0. The fourth-order valence-corrected chi connectivity index (χ4v) is 1.38. The van der Waals surface area contributed by atoms with Crippen molar-refractivity contribution in [2.24, 2.45) is 5.73 Å². The molecule has 1 amide bonds. The fourth-order valence-electron chi connectivity index (χ4n) is 1.38. The minimum Gasteiger partial charge on any atom is -0.393 e. The van der Waals surface area contributed by atoms with Crippen LogP contribution >= 0.6 is 0 Å². The van der Waals surface area contributed by atoms with E-state index in [-0.39, 0.29) is 6.10 Å². The van der Waals surface area contributed by atoms with Gasteiger partial charge >= 0.3 is 0 Å². The second kappa shape index (κ2) is 5.46. The molecule has 0 saturated heterocycles. The Morgan fingerprint density at radius 3 is 2.94 bits per heavy atom. The zero-order valence-corrected chi connectivity index (χ0v) is 9.55. The SMILES string of the molecule is CC(O)CCN(C)c1ncccc1C(N)=O. The highest BCUT2D eigenvalue weighted by Gasteiger charge is 2.12. The zero-order valence-electron chi connectivity index (χ0n) is 9.55. The Morgan fingerprint density at radius 2 is 2.38 bits per heavy atom. The molecule has 1 aromatic heterocycles. The first-order valence-corrected chi connectivity index (χ1v) is 5.16. The standard InChI is InChI=1S/C11H17N3O2/c1-8(15)5-7-14(2)11-9(10(12)16)4-3-6-13-11/h3-4,6,8,15H,5,7H2,1-2H3,(H2,12,16). The van der Waals surface area contributed by atoms with E-state index in [0.717, 1.165) is 0 Å². The van der Waals surface area contributed by atoms with Crippen molar-refractivity contribution in [3.63, 3.8) is 0 Å². The van der Waals surface area contributed by atoms with Crippen LogP contribution in [0.15, 0.2) is 18.3 Å². The number of primary amides is 1. The Kier molecular flexibility index (Phi) is 4.25. The second-order valence-corrected chi connectivity index (χ2v) is 3.80. The van der Waals surface area contributed by atoms with E-state index < -0.39 is 5.91 Å². The molecule has 1 heterocycles. The number of aromatic nitrogens is 1. The summed E-state index contributed by atoms with van der Waals surface area (Å²) in [5.41, 5.74) is 5.65. The number of amides is 1. The van der Waals surface area contributed by atoms with Crippen LogP contribution in [-0.4, -0.2) is 35.7 Å². The van der Waals surface area contributed by atoms with Crippen molar-refractivity contribution in [1.29, 1.82) is 0 Å². The van der Waals surface area contributed by atoms with Crippen LogP contribution in [0.2, 0.25) is 0 Å². The third-order valence-electron chi connectivity index (χ3n) is 2.30. The van der Waals surface area contributed by atoms with E-state index in [4.69, 9.17) is 5.73 Å². The van der Waals surface area contributed by atoms with E-state index in [1.807, 2.05) is 11.9 Å². The molecule has 3 N–H and O–H groups in total. The van der Waals surface area contributed by atoms with Crippen LogP contribution in [0.25, 0.3) is 0 Å². The third-order valence-corrected chi connectivity index (χ3v) is 2.30. The smallest absolute Gasteiger partial charge is 0.252 e. The molecule has 0 aliphatic heterocycles. The molecule has 5 nitrogen and oxygen atoms in total. The molecule has 0 bridgehead atoms. The van der Waals surface area contributed by atoms with Crippen LogP contribution in [0.1, 0.15) is 23.7 Å². The highest BCUT2D eigenvalue weighted by molar-refractivity contribution is 5.97. The molecule has 0 saturated carbocycles. The van der Waals surface area contributed by atoms with Crippen molar-refractivity contribution in [2.75, 3.05) is 18.5 Å². The molecular formula is C11H17N3O2. The molecule has 0 aliphatic rings. The number of hydrogen-bond donors (Lipinski definition) is 2. The van der Waals surface area contributed by atoms with Crippen LogP contribution in [0.4, 0.5) is 5.82 Å². The summed E-state index contributed by atoms with van der Waals surface area (Å²) in [5, 5.41) is 9.19. The Morgan fingerprint density at radius 1 is 1.69 bits per heavy atom. The predicted molar refractivity (Wildman–Crippen MR) is 62.3 cm³/mol. The van der Waals surface area contributed by atoms with Crippen LogP contribution in [0.5, 0.6) is 0 Å². The Hall–Kier alpha value is -1.62. The predicted octanol–water partition coefficient (Wildman–Crippen LogP) is 0.388. The lowest BCUT2D eigenvalue weighted by Gasteiger charge is -2.20. The number of pyridine rings is 1. The molecule has 1 aromatic rings. The molecule has 1 unspecified atom stereocenters. The van der Waals surface area contributed by atoms with E-state index in [2.05, 4.69) is 4.98 Å².